The van der Waals surface area contributed by atoms with Crippen LogP contribution in [-0.2, 0) is 4.74 Å². The number of rotatable bonds is 6. The molecular weight excluding hydrogens is 304 g/mol. The topological polar surface area (TPSA) is 18.5 Å². The Bertz CT molecular complexity index is 388. The quantitative estimate of drug-likeness (QED) is 0.715. The van der Waals surface area contributed by atoms with E-state index >= 15 is 0 Å². The molecule has 19 heavy (non-hydrogen) atoms. The zero-order chi connectivity index (χ0) is 13.8. The summed E-state index contributed by atoms with van der Waals surface area (Å²) in [5.41, 5.74) is 1.35. The lowest BCUT2D eigenvalue weighted by molar-refractivity contribution is -0.0762. The second-order valence-corrected chi connectivity index (χ2v) is 6.64. The molecule has 0 radical (unpaired) electrons. The van der Waals surface area contributed by atoms with Crippen LogP contribution in [0.15, 0.2) is 24.3 Å². The van der Waals surface area contributed by atoms with Crippen LogP contribution in [0.3, 0.4) is 0 Å². The molecule has 0 spiro atoms. The molecule has 1 aliphatic carbocycles. The standard InChI is InChI=1S/C16H23BrO2/c1-4-9-18-16-14(17)10-15(16)19-13-7-5-12(6-8-13)11(2)3/h5-8,11,14-16H,4,9-10H2,1-3H3. The van der Waals surface area contributed by atoms with Crippen molar-refractivity contribution in [2.24, 2.45) is 0 Å². The molecule has 0 aromatic heterocycles. The van der Waals surface area contributed by atoms with Crippen molar-refractivity contribution in [1.29, 1.82) is 0 Å². The minimum atomic E-state index is 0.181. The van der Waals surface area contributed by atoms with Crippen molar-refractivity contribution in [3.8, 4) is 5.75 Å². The van der Waals surface area contributed by atoms with Gasteiger partial charge in [-0.3, -0.25) is 0 Å². The lowest BCUT2D eigenvalue weighted by Crippen LogP contribution is -2.52. The molecule has 1 aromatic carbocycles. The van der Waals surface area contributed by atoms with Gasteiger partial charge in [0.15, 0.2) is 0 Å². The first-order valence-electron chi connectivity index (χ1n) is 7.14. The monoisotopic (exact) mass is 326 g/mol. The van der Waals surface area contributed by atoms with Crippen molar-refractivity contribution < 1.29 is 9.47 Å². The molecule has 1 saturated carbocycles. The number of ether oxygens (including phenoxy) is 2. The Morgan fingerprint density at radius 2 is 1.95 bits per heavy atom. The summed E-state index contributed by atoms with van der Waals surface area (Å²) in [5, 5.41) is 0. The summed E-state index contributed by atoms with van der Waals surface area (Å²) in [6.07, 6.45) is 2.43. The van der Waals surface area contributed by atoms with Crippen LogP contribution in [0.1, 0.15) is 45.1 Å². The molecule has 3 unspecified atom stereocenters. The van der Waals surface area contributed by atoms with Gasteiger partial charge in [-0.25, -0.2) is 0 Å². The highest BCUT2D eigenvalue weighted by molar-refractivity contribution is 9.09. The van der Waals surface area contributed by atoms with Crippen molar-refractivity contribution in [2.75, 3.05) is 6.61 Å². The van der Waals surface area contributed by atoms with E-state index in [1.165, 1.54) is 5.56 Å². The van der Waals surface area contributed by atoms with E-state index in [2.05, 4.69) is 61.0 Å². The molecule has 0 amide bonds. The Morgan fingerprint density at radius 3 is 2.47 bits per heavy atom. The van der Waals surface area contributed by atoms with Crippen molar-refractivity contribution in [3.05, 3.63) is 29.8 Å². The normalized spacial score (nSPS) is 26.3. The molecule has 3 atom stereocenters. The van der Waals surface area contributed by atoms with Crippen LogP contribution in [0.25, 0.3) is 0 Å². The van der Waals surface area contributed by atoms with Crippen molar-refractivity contribution >= 4 is 15.9 Å². The molecule has 106 valence electrons. The minimum Gasteiger partial charge on any atom is -0.488 e. The van der Waals surface area contributed by atoms with Crippen molar-refractivity contribution in [1.82, 2.24) is 0 Å². The van der Waals surface area contributed by atoms with Crippen LogP contribution in [0, 0.1) is 0 Å². The maximum absolute atomic E-state index is 6.01. The molecule has 1 aliphatic rings. The summed E-state index contributed by atoms with van der Waals surface area (Å²) in [5.74, 6) is 1.50. The Hall–Kier alpha value is -0.540. The lowest BCUT2D eigenvalue weighted by atomic mass is 9.91. The average Bonchev–Trinajstić information content (AvgIpc) is 2.39. The minimum absolute atomic E-state index is 0.181. The molecular formula is C16H23BrO2. The molecule has 0 bridgehead atoms. The van der Waals surface area contributed by atoms with E-state index < -0.39 is 0 Å². The molecule has 0 N–H and O–H groups in total. The smallest absolute Gasteiger partial charge is 0.127 e. The third-order valence-electron chi connectivity index (χ3n) is 3.53. The Morgan fingerprint density at radius 1 is 1.26 bits per heavy atom. The zero-order valence-electron chi connectivity index (χ0n) is 11.9. The lowest BCUT2D eigenvalue weighted by Gasteiger charge is -2.40. The third kappa shape index (κ3) is 3.73. The van der Waals surface area contributed by atoms with Crippen LogP contribution in [-0.4, -0.2) is 23.6 Å². The predicted octanol–water partition coefficient (Wildman–Crippen LogP) is 4.52. The Labute approximate surface area is 124 Å². The number of alkyl halides is 1. The van der Waals surface area contributed by atoms with E-state index in [0.717, 1.165) is 25.2 Å². The molecule has 3 heteroatoms. The van der Waals surface area contributed by atoms with E-state index in [0.29, 0.717) is 10.7 Å². The van der Waals surface area contributed by atoms with Crippen LogP contribution in [0.2, 0.25) is 0 Å². The van der Waals surface area contributed by atoms with E-state index in [1.807, 2.05) is 0 Å². The first-order valence-corrected chi connectivity index (χ1v) is 8.05. The second kappa shape index (κ2) is 6.76. The van der Waals surface area contributed by atoms with Gasteiger partial charge in [0, 0.05) is 17.9 Å². The highest BCUT2D eigenvalue weighted by atomic mass is 79.9. The fraction of sp³-hybridized carbons (Fsp3) is 0.625. The van der Waals surface area contributed by atoms with Crippen LogP contribution in [0.4, 0.5) is 0 Å². The molecule has 2 nitrogen and oxygen atoms in total. The molecule has 1 fully saturated rings. The fourth-order valence-electron chi connectivity index (χ4n) is 2.21. The summed E-state index contributed by atoms with van der Waals surface area (Å²) in [6.45, 7) is 7.33. The van der Waals surface area contributed by atoms with E-state index in [1.54, 1.807) is 0 Å². The summed E-state index contributed by atoms with van der Waals surface area (Å²) in [4.78, 5) is 0.430. The van der Waals surface area contributed by atoms with Gasteiger partial charge in [0.25, 0.3) is 0 Å². The van der Waals surface area contributed by atoms with Gasteiger partial charge in [0.05, 0.1) is 0 Å². The second-order valence-electron chi connectivity index (χ2n) is 5.47. The summed E-state index contributed by atoms with van der Waals surface area (Å²) in [6, 6.07) is 8.42. The predicted molar refractivity (Wildman–Crippen MR) is 82.3 cm³/mol. The van der Waals surface area contributed by atoms with Gasteiger partial charge in [0.1, 0.15) is 18.0 Å². The summed E-state index contributed by atoms with van der Waals surface area (Å²) in [7, 11) is 0. The maximum Gasteiger partial charge on any atom is 0.127 e. The highest BCUT2D eigenvalue weighted by Crippen LogP contribution is 2.34. The van der Waals surface area contributed by atoms with Gasteiger partial charge in [-0.1, -0.05) is 48.8 Å². The molecule has 1 aromatic rings. The van der Waals surface area contributed by atoms with E-state index in [9.17, 15) is 0 Å². The van der Waals surface area contributed by atoms with Gasteiger partial charge in [-0.15, -0.1) is 0 Å². The van der Waals surface area contributed by atoms with Gasteiger partial charge in [-0.05, 0) is 30.0 Å². The number of benzene rings is 1. The van der Waals surface area contributed by atoms with Crippen molar-refractivity contribution in [3.63, 3.8) is 0 Å². The van der Waals surface area contributed by atoms with Gasteiger partial charge in [0.2, 0.25) is 0 Å². The number of hydrogen-bond donors (Lipinski definition) is 0. The Kier molecular flexibility index (Phi) is 5.28. The molecule has 0 aliphatic heterocycles. The highest BCUT2D eigenvalue weighted by Gasteiger charge is 2.42. The van der Waals surface area contributed by atoms with Crippen molar-refractivity contribution in [2.45, 2.75) is 56.6 Å². The average molecular weight is 327 g/mol. The third-order valence-corrected chi connectivity index (χ3v) is 4.42. The van der Waals surface area contributed by atoms with E-state index in [4.69, 9.17) is 9.47 Å². The molecule has 0 saturated heterocycles. The maximum atomic E-state index is 6.01. The summed E-state index contributed by atoms with van der Waals surface area (Å²) >= 11 is 3.64. The van der Waals surface area contributed by atoms with Gasteiger partial charge in [-0.2, -0.15) is 0 Å². The van der Waals surface area contributed by atoms with Gasteiger partial charge >= 0.3 is 0 Å². The number of hydrogen-bond acceptors (Lipinski definition) is 2. The number of halogens is 1. The SMILES string of the molecule is CCCOC1C(Br)CC1Oc1ccc(C(C)C)cc1. The first-order chi connectivity index (χ1) is 9.11. The van der Waals surface area contributed by atoms with Crippen LogP contribution in [0.5, 0.6) is 5.75 Å². The summed E-state index contributed by atoms with van der Waals surface area (Å²) < 4.78 is 11.8. The Balaban J connectivity index is 1.90. The first kappa shape index (κ1) is 14.9. The van der Waals surface area contributed by atoms with E-state index in [-0.39, 0.29) is 12.2 Å². The largest absolute Gasteiger partial charge is 0.488 e. The van der Waals surface area contributed by atoms with Gasteiger partial charge < -0.3 is 9.47 Å². The molecule has 0 heterocycles. The van der Waals surface area contributed by atoms with Crippen LogP contribution >= 0.6 is 15.9 Å². The van der Waals surface area contributed by atoms with Crippen LogP contribution < -0.4 is 4.74 Å². The zero-order valence-corrected chi connectivity index (χ0v) is 13.5. The molecule has 2 rings (SSSR count). The fourth-order valence-corrected chi connectivity index (χ4v) is 3.08.